The minimum atomic E-state index is -1.11. The standard InChI is InChI=1S/C18H18N2O5/c21-16-14(7-4-8-19-16)18(23)25-15(13-5-2-1-3-6-13)17(22)20-9-11-24-12-10-20/h1-8,15H,9-12H2,(H,19,21)/t15-/m1/s1. The molecule has 7 heteroatoms. The maximum Gasteiger partial charge on any atom is 0.344 e. The van der Waals surface area contributed by atoms with Crippen LogP contribution in [0.1, 0.15) is 22.0 Å². The van der Waals surface area contributed by atoms with Gasteiger partial charge in [-0.15, -0.1) is 0 Å². The van der Waals surface area contributed by atoms with E-state index in [1.54, 1.807) is 29.2 Å². The zero-order valence-electron chi connectivity index (χ0n) is 13.5. The molecule has 1 aliphatic rings. The van der Waals surface area contributed by atoms with E-state index in [-0.39, 0.29) is 11.5 Å². The number of ether oxygens (including phenoxy) is 2. The quantitative estimate of drug-likeness (QED) is 0.842. The number of H-pyrrole nitrogens is 1. The molecule has 1 atom stereocenters. The van der Waals surface area contributed by atoms with Crippen molar-refractivity contribution in [1.29, 1.82) is 0 Å². The molecule has 1 aliphatic heterocycles. The Kier molecular flexibility index (Phi) is 5.25. The van der Waals surface area contributed by atoms with Gasteiger partial charge in [0.2, 0.25) is 6.10 Å². The summed E-state index contributed by atoms with van der Waals surface area (Å²) < 4.78 is 10.7. The van der Waals surface area contributed by atoms with Crippen molar-refractivity contribution in [3.8, 4) is 0 Å². The van der Waals surface area contributed by atoms with Gasteiger partial charge in [-0.25, -0.2) is 4.79 Å². The van der Waals surface area contributed by atoms with Crippen LogP contribution in [0, 0.1) is 0 Å². The van der Waals surface area contributed by atoms with Crippen LogP contribution in [0.5, 0.6) is 0 Å². The molecule has 25 heavy (non-hydrogen) atoms. The Balaban J connectivity index is 1.86. The maximum absolute atomic E-state index is 12.9. The Hall–Kier alpha value is -2.93. The molecule has 0 radical (unpaired) electrons. The maximum atomic E-state index is 12.9. The van der Waals surface area contributed by atoms with Crippen LogP contribution in [0.15, 0.2) is 53.5 Å². The fraction of sp³-hybridized carbons (Fsp3) is 0.278. The van der Waals surface area contributed by atoms with Crippen LogP contribution in [-0.2, 0) is 14.3 Å². The molecule has 3 rings (SSSR count). The lowest BCUT2D eigenvalue weighted by atomic mass is 10.1. The van der Waals surface area contributed by atoms with Crippen molar-refractivity contribution in [3.05, 3.63) is 70.1 Å². The number of carbonyl (C=O) groups excluding carboxylic acids is 2. The summed E-state index contributed by atoms with van der Waals surface area (Å²) in [6.07, 6.45) is 0.318. The third-order valence-electron chi connectivity index (χ3n) is 3.91. The van der Waals surface area contributed by atoms with Crippen molar-refractivity contribution >= 4 is 11.9 Å². The molecule has 1 aromatic heterocycles. The third kappa shape index (κ3) is 3.95. The van der Waals surface area contributed by atoms with Crippen LogP contribution in [0.2, 0.25) is 0 Å². The summed E-state index contributed by atoms with van der Waals surface area (Å²) in [6, 6.07) is 11.7. The fourth-order valence-electron chi connectivity index (χ4n) is 2.59. The highest BCUT2D eigenvalue weighted by Gasteiger charge is 2.31. The average molecular weight is 342 g/mol. The first-order valence-electron chi connectivity index (χ1n) is 7.97. The van der Waals surface area contributed by atoms with Gasteiger partial charge in [0.25, 0.3) is 11.5 Å². The van der Waals surface area contributed by atoms with Gasteiger partial charge < -0.3 is 19.4 Å². The van der Waals surface area contributed by atoms with E-state index < -0.39 is 17.6 Å². The second-order valence-corrected chi connectivity index (χ2v) is 5.55. The molecule has 7 nitrogen and oxygen atoms in total. The van der Waals surface area contributed by atoms with E-state index in [1.807, 2.05) is 6.07 Å². The number of nitrogens with one attached hydrogen (secondary N) is 1. The number of hydrogen-bond acceptors (Lipinski definition) is 5. The molecule has 1 saturated heterocycles. The van der Waals surface area contributed by atoms with E-state index in [9.17, 15) is 14.4 Å². The van der Waals surface area contributed by atoms with Crippen molar-refractivity contribution < 1.29 is 19.1 Å². The van der Waals surface area contributed by atoms with Gasteiger partial charge in [0.15, 0.2) is 0 Å². The molecule has 2 aromatic rings. The minimum absolute atomic E-state index is 0.141. The number of esters is 1. The molecule has 1 amide bonds. The summed E-state index contributed by atoms with van der Waals surface area (Å²) in [5.41, 5.74) is -0.143. The summed E-state index contributed by atoms with van der Waals surface area (Å²) in [5.74, 6) is -1.16. The third-order valence-corrected chi connectivity index (χ3v) is 3.91. The molecule has 1 N–H and O–H groups in total. The van der Waals surface area contributed by atoms with Gasteiger partial charge in [-0.05, 0) is 12.1 Å². The zero-order valence-corrected chi connectivity index (χ0v) is 13.5. The Bertz CT molecular complexity index is 796. The second-order valence-electron chi connectivity index (χ2n) is 5.55. The zero-order chi connectivity index (χ0) is 17.6. The summed E-state index contributed by atoms with van der Waals surface area (Å²) in [4.78, 5) is 41.1. The topological polar surface area (TPSA) is 88.7 Å². The highest BCUT2D eigenvalue weighted by Crippen LogP contribution is 2.22. The molecule has 0 aliphatic carbocycles. The monoisotopic (exact) mass is 342 g/mol. The fourth-order valence-corrected chi connectivity index (χ4v) is 2.59. The van der Waals surface area contributed by atoms with Crippen LogP contribution in [-0.4, -0.2) is 48.1 Å². The van der Waals surface area contributed by atoms with Crippen LogP contribution >= 0.6 is 0 Å². The summed E-state index contributed by atoms with van der Waals surface area (Å²) in [7, 11) is 0. The number of hydrogen-bond donors (Lipinski definition) is 1. The van der Waals surface area contributed by atoms with Gasteiger partial charge in [-0.2, -0.15) is 0 Å². The molecule has 0 saturated carbocycles. The lowest BCUT2D eigenvalue weighted by Crippen LogP contribution is -2.44. The number of nitrogens with zero attached hydrogens (tertiary/aromatic N) is 1. The number of carbonyl (C=O) groups is 2. The average Bonchev–Trinajstić information content (AvgIpc) is 2.67. The van der Waals surface area contributed by atoms with Gasteiger partial charge >= 0.3 is 5.97 Å². The normalized spacial score (nSPS) is 15.4. The lowest BCUT2D eigenvalue weighted by molar-refractivity contribution is -0.145. The summed E-state index contributed by atoms with van der Waals surface area (Å²) in [6.45, 7) is 1.76. The van der Waals surface area contributed by atoms with Crippen molar-refractivity contribution in [2.75, 3.05) is 26.3 Å². The van der Waals surface area contributed by atoms with E-state index in [0.717, 1.165) is 0 Å². The second kappa shape index (κ2) is 7.76. The van der Waals surface area contributed by atoms with E-state index in [4.69, 9.17) is 9.47 Å². The van der Waals surface area contributed by atoms with Crippen molar-refractivity contribution in [2.24, 2.45) is 0 Å². The van der Waals surface area contributed by atoms with Crippen LogP contribution in [0.4, 0.5) is 0 Å². The van der Waals surface area contributed by atoms with Crippen molar-refractivity contribution in [2.45, 2.75) is 6.10 Å². The van der Waals surface area contributed by atoms with Gasteiger partial charge in [-0.1, -0.05) is 30.3 Å². The number of aromatic nitrogens is 1. The van der Waals surface area contributed by atoms with Crippen LogP contribution in [0.3, 0.4) is 0 Å². The van der Waals surface area contributed by atoms with Gasteiger partial charge in [-0.3, -0.25) is 9.59 Å². The lowest BCUT2D eigenvalue weighted by Gasteiger charge is -2.30. The number of pyridine rings is 1. The molecule has 2 heterocycles. The Morgan fingerprint density at radius 1 is 1.08 bits per heavy atom. The number of aromatic amines is 1. The predicted octanol–water partition coefficient (Wildman–Crippen LogP) is 1.13. The molecule has 0 unspecified atom stereocenters. The molecule has 1 fully saturated rings. The first-order valence-corrected chi connectivity index (χ1v) is 7.97. The van der Waals surface area contributed by atoms with E-state index in [2.05, 4.69) is 4.98 Å². The van der Waals surface area contributed by atoms with Crippen molar-refractivity contribution in [1.82, 2.24) is 9.88 Å². The SMILES string of the molecule is O=C(O[C@@H](C(=O)N1CCOCC1)c1ccccc1)c1ccc[nH]c1=O. The molecule has 0 spiro atoms. The summed E-state index contributed by atoms with van der Waals surface area (Å²) >= 11 is 0. The highest BCUT2D eigenvalue weighted by molar-refractivity contribution is 5.92. The van der Waals surface area contributed by atoms with Gasteiger partial charge in [0.1, 0.15) is 5.56 Å². The van der Waals surface area contributed by atoms with Gasteiger partial charge in [0, 0.05) is 24.8 Å². The Morgan fingerprint density at radius 3 is 2.48 bits per heavy atom. The number of benzene rings is 1. The highest BCUT2D eigenvalue weighted by atomic mass is 16.5. The van der Waals surface area contributed by atoms with Crippen LogP contribution < -0.4 is 5.56 Å². The number of amides is 1. The predicted molar refractivity (Wildman–Crippen MR) is 89.1 cm³/mol. The Morgan fingerprint density at radius 2 is 1.80 bits per heavy atom. The molecular weight excluding hydrogens is 324 g/mol. The van der Waals surface area contributed by atoms with E-state index in [1.165, 1.54) is 18.3 Å². The minimum Gasteiger partial charge on any atom is -0.444 e. The largest absolute Gasteiger partial charge is 0.444 e. The molecule has 1 aromatic carbocycles. The number of morpholine rings is 1. The molecule has 130 valence electrons. The first-order chi connectivity index (χ1) is 12.2. The van der Waals surface area contributed by atoms with Crippen molar-refractivity contribution in [3.63, 3.8) is 0 Å². The van der Waals surface area contributed by atoms with E-state index >= 15 is 0 Å². The van der Waals surface area contributed by atoms with Crippen LogP contribution in [0.25, 0.3) is 0 Å². The molecule has 0 bridgehead atoms. The van der Waals surface area contributed by atoms with E-state index in [0.29, 0.717) is 31.9 Å². The number of rotatable bonds is 4. The smallest absolute Gasteiger partial charge is 0.344 e. The first kappa shape index (κ1) is 16.9. The molecular formula is C18H18N2O5. The summed E-state index contributed by atoms with van der Waals surface area (Å²) in [5, 5.41) is 0. The van der Waals surface area contributed by atoms with Gasteiger partial charge in [0.05, 0.1) is 13.2 Å². The Labute approximate surface area is 144 Å².